The van der Waals surface area contributed by atoms with E-state index in [0.29, 0.717) is 66.7 Å². The van der Waals surface area contributed by atoms with Gasteiger partial charge in [0.1, 0.15) is 19.0 Å². The number of amides is 1. The number of methoxy groups -OCH3 is 1. The summed E-state index contributed by atoms with van der Waals surface area (Å²) in [7, 11) is 1.61. The molecule has 4 aromatic carbocycles. The molecule has 0 saturated heterocycles. The highest BCUT2D eigenvalue weighted by Gasteiger charge is 2.34. The standard InChI is InChI=1S/C47H44Cl2N4O5/c1-29-30(2)50-20-18-39(29)33-10-7-31(8-11-33)17-19-51-47(54)42-22-35-23-43-44(24-36(35)25-53(42)26-37-5-4-6-46(52-37)55-3)58-45(28-57-43)34-12-14-38(15-13-34)56-27-32-9-16-40(48)41(49)21-32/h4-16,18,20-21,23-24,42,45H,17,19,22,25-28H2,1-3H3,(H,51,54). The molecule has 1 N–H and O–H groups in total. The Morgan fingerprint density at radius 3 is 2.48 bits per heavy atom. The number of carbonyl (C=O) groups excluding carboxylic acids is 1. The second-order valence-electron chi connectivity index (χ2n) is 14.7. The Kier molecular flexibility index (Phi) is 11.8. The van der Waals surface area contributed by atoms with Gasteiger partial charge in [-0.05, 0) is 120 Å². The molecule has 2 atom stereocenters. The predicted octanol–water partition coefficient (Wildman–Crippen LogP) is 9.45. The Morgan fingerprint density at radius 2 is 1.69 bits per heavy atom. The first-order valence-corrected chi connectivity index (χ1v) is 20.1. The van der Waals surface area contributed by atoms with Gasteiger partial charge < -0.3 is 24.3 Å². The molecule has 0 saturated carbocycles. The van der Waals surface area contributed by atoms with Crippen molar-refractivity contribution in [2.75, 3.05) is 20.3 Å². The Labute approximate surface area is 348 Å². The van der Waals surface area contributed by atoms with E-state index in [-0.39, 0.29) is 12.0 Å². The molecule has 8 rings (SSSR count). The van der Waals surface area contributed by atoms with Crippen LogP contribution in [0.1, 0.15) is 50.9 Å². The molecule has 0 spiro atoms. The van der Waals surface area contributed by atoms with E-state index in [0.717, 1.165) is 56.9 Å². The predicted molar refractivity (Wildman–Crippen MR) is 226 cm³/mol. The largest absolute Gasteiger partial charge is 0.489 e. The number of nitrogens with zero attached hydrogens (tertiary/aromatic N) is 3. The highest BCUT2D eigenvalue weighted by Crippen LogP contribution is 2.41. The number of aromatic nitrogens is 2. The summed E-state index contributed by atoms with van der Waals surface area (Å²) in [6.07, 6.45) is 2.79. The SMILES string of the molecule is COc1cccc(CN2Cc3cc4c(cc3CC2C(=O)NCCc2ccc(-c3ccnc(C)c3C)cc2)OCC(c2ccc(OCc3ccc(Cl)c(Cl)c3)cc2)O4)n1. The molecule has 6 aromatic rings. The second-order valence-corrected chi connectivity index (χ2v) is 15.5. The fraction of sp³-hybridized carbons (Fsp3) is 0.255. The maximum absolute atomic E-state index is 14.0. The first-order chi connectivity index (χ1) is 28.2. The molecule has 0 bridgehead atoms. The zero-order valence-corrected chi connectivity index (χ0v) is 34.1. The number of pyridine rings is 2. The summed E-state index contributed by atoms with van der Waals surface area (Å²) < 4.78 is 24.2. The van der Waals surface area contributed by atoms with Crippen LogP contribution in [0, 0.1) is 13.8 Å². The molecule has 0 aliphatic carbocycles. The van der Waals surface area contributed by atoms with Crippen LogP contribution in [0.5, 0.6) is 23.1 Å². The van der Waals surface area contributed by atoms with Gasteiger partial charge in [-0.25, -0.2) is 4.98 Å². The molecule has 2 aromatic heterocycles. The number of aryl methyl sites for hydroxylation is 1. The highest BCUT2D eigenvalue weighted by molar-refractivity contribution is 6.42. The van der Waals surface area contributed by atoms with Crippen LogP contribution < -0.4 is 24.3 Å². The van der Waals surface area contributed by atoms with Crippen LogP contribution in [0.2, 0.25) is 10.0 Å². The first kappa shape index (κ1) is 39.2. The minimum absolute atomic E-state index is 0.0209. The third kappa shape index (κ3) is 8.92. The van der Waals surface area contributed by atoms with E-state index >= 15 is 0 Å². The van der Waals surface area contributed by atoms with Crippen LogP contribution in [0.15, 0.2) is 109 Å². The van der Waals surface area contributed by atoms with Gasteiger partial charge in [-0.15, -0.1) is 0 Å². The minimum Gasteiger partial charge on any atom is -0.489 e. The van der Waals surface area contributed by atoms with Crippen LogP contribution in [0.3, 0.4) is 0 Å². The van der Waals surface area contributed by atoms with Crippen molar-refractivity contribution < 1.29 is 23.7 Å². The van der Waals surface area contributed by atoms with Gasteiger partial charge in [0.15, 0.2) is 17.6 Å². The van der Waals surface area contributed by atoms with E-state index in [2.05, 4.69) is 63.5 Å². The lowest BCUT2D eigenvalue weighted by molar-refractivity contribution is -0.127. The van der Waals surface area contributed by atoms with Crippen LogP contribution in [-0.4, -0.2) is 47.1 Å². The Morgan fingerprint density at radius 1 is 0.897 bits per heavy atom. The summed E-state index contributed by atoms with van der Waals surface area (Å²) in [6, 6.07) is 33.3. The van der Waals surface area contributed by atoms with Crippen molar-refractivity contribution in [2.45, 2.75) is 58.5 Å². The zero-order chi connectivity index (χ0) is 40.2. The first-order valence-electron chi connectivity index (χ1n) is 19.4. The molecular formula is C47H44Cl2N4O5. The van der Waals surface area contributed by atoms with Gasteiger partial charge in [0, 0.05) is 37.6 Å². The number of rotatable bonds is 12. The topological polar surface area (TPSA) is 95.0 Å². The van der Waals surface area contributed by atoms with Crippen molar-refractivity contribution in [3.63, 3.8) is 0 Å². The highest BCUT2D eigenvalue weighted by atomic mass is 35.5. The number of halogens is 2. The third-order valence-electron chi connectivity index (χ3n) is 10.9. The van der Waals surface area contributed by atoms with Crippen molar-refractivity contribution >= 4 is 29.1 Å². The van der Waals surface area contributed by atoms with Gasteiger partial charge in [-0.3, -0.25) is 14.7 Å². The van der Waals surface area contributed by atoms with E-state index in [9.17, 15) is 4.79 Å². The average molecular weight is 816 g/mol. The lowest BCUT2D eigenvalue weighted by atomic mass is 9.92. The summed E-state index contributed by atoms with van der Waals surface area (Å²) in [5, 5.41) is 4.24. The maximum atomic E-state index is 14.0. The van der Waals surface area contributed by atoms with E-state index in [1.165, 1.54) is 11.1 Å². The molecule has 11 heteroatoms. The fourth-order valence-corrected chi connectivity index (χ4v) is 7.81. The number of ether oxygens (including phenoxy) is 4. The maximum Gasteiger partial charge on any atom is 0.237 e. The van der Waals surface area contributed by atoms with Crippen LogP contribution in [-0.2, 0) is 37.3 Å². The molecule has 2 aliphatic rings. The lowest BCUT2D eigenvalue weighted by Gasteiger charge is -2.37. The number of nitrogens with one attached hydrogen (secondary N) is 1. The van der Waals surface area contributed by atoms with Crippen molar-refractivity contribution in [2.24, 2.45) is 0 Å². The summed E-state index contributed by atoms with van der Waals surface area (Å²) >= 11 is 12.2. The van der Waals surface area contributed by atoms with Crippen molar-refractivity contribution in [1.29, 1.82) is 0 Å². The number of carbonyl (C=O) groups is 1. The molecule has 1 amide bonds. The lowest BCUT2D eigenvalue weighted by Crippen LogP contribution is -2.50. The molecule has 2 aliphatic heterocycles. The van der Waals surface area contributed by atoms with E-state index < -0.39 is 6.04 Å². The van der Waals surface area contributed by atoms with Crippen LogP contribution in [0.25, 0.3) is 11.1 Å². The van der Waals surface area contributed by atoms with Crippen molar-refractivity contribution in [3.05, 3.63) is 164 Å². The molecule has 2 unspecified atom stereocenters. The fourth-order valence-electron chi connectivity index (χ4n) is 7.49. The number of fused-ring (bicyclic) bond motifs is 2. The van der Waals surface area contributed by atoms with E-state index in [1.807, 2.05) is 67.7 Å². The summed E-state index contributed by atoms with van der Waals surface area (Å²) in [5.41, 5.74) is 10.6. The molecule has 0 radical (unpaired) electrons. The number of hydrogen-bond donors (Lipinski definition) is 1. The summed E-state index contributed by atoms with van der Waals surface area (Å²) in [4.78, 5) is 25.3. The van der Waals surface area contributed by atoms with E-state index in [1.54, 1.807) is 19.2 Å². The molecular weight excluding hydrogens is 771 g/mol. The normalized spacial score (nSPS) is 16.0. The van der Waals surface area contributed by atoms with Gasteiger partial charge in [0.25, 0.3) is 0 Å². The average Bonchev–Trinajstić information content (AvgIpc) is 3.24. The summed E-state index contributed by atoms with van der Waals surface area (Å²) in [5.74, 6) is 2.60. The van der Waals surface area contributed by atoms with Gasteiger partial charge in [-0.2, -0.15) is 0 Å². The molecule has 296 valence electrons. The van der Waals surface area contributed by atoms with Gasteiger partial charge in [-0.1, -0.05) is 71.7 Å². The second kappa shape index (κ2) is 17.5. The third-order valence-corrected chi connectivity index (χ3v) is 11.6. The van der Waals surface area contributed by atoms with Gasteiger partial charge in [0.05, 0.1) is 28.9 Å². The molecule has 9 nitrogen and oxygen atoms in total. The zero-order valence-electron chi connectivity index (χ0n) is 32.6. The smallest absolute Gasteiger partial charge is 0.237 e. The van der Waals surface area contributed by atoms with Gasteiger partial charge in [0.2, 0.25) is 11.8 Å². The Bertz CT molecular complexity index is 2430. The van der Waals surface area contributed by atoms with Crippen molar-refractivity contribution in [3.8, 4) is 34.3 Å². The molecule has 4 heterocycles. The molecule has 58 heavy (non-hydrogen) atoms. The van der Waals surface area contributed by atoms with Crippen LogP contribution in [0.4, 0.5) is 0 Å². The van der Waals surface area contributed by atoms with Crippen LogP contribution >= 0.6 is 23.2 Å². The van der Waals surface area contributed by atoms with Gasteiger partial charge >= 0.3 is 0 Å². The Balaban J connectivity index is 0.939. The Hall–Kier alpha value is -5.61. The summed E-state index contributed by atoms with van der Waals surface area (Å²) in [6.45, 7) is 6.39. The van der Waals surface area contributed by atoms with E-state index in [4.69, 9.17) is 42.1 Å². The monoisotopic (exact) mass is 814 g/mol. The van der Waals surface area contributed by atoms with Crippen molar-refractivity contribution in [1.82, 2.24) is 20.2 Å². The quantitative estimate of drug-likeness (QED) is 0.131. The minimum atomic E-state index is -0.409. The molecule has 0 fully saturated rings. The number of benzene rings is 4. The number of hydrogen-bond acceptors (Lipinski definition) is 8.